The molecule has 0 bridgehead atoms. The van der Waals surface area contributed by atoms with Gasteiger partial charge in [0.1, 0.15) is 11.5 Å². The second-order valence-corrected chi connectivity index (χ2v) is 12.8. The molecule has 0 spiro atoms. The molecule has 4 aliphatic rings. The van der Waals surface area contributed by atoms with Crippen molar-refractivity contribution in [1.29, 1.82) is 0 Å². The van der Waals surface area contributed by atoms with Crippen LogP contribution in [0.3, 0.4) is 0 Å². The second kappa shape index (κ2) is 11.2. The summed E-state index contributed by atoms with van der Waals surface area (Å²) in [6.07, 6.45) is 3.27. The summed E-state index contributed by atoms with van der Waals surface area (Å²) < 4.78 is 5.82. The summed E-state index contributed by atoms with van der Waals surface area (Å²) >= 11 is 0. The van der Waals surface area contributed by atoms with Gasteiger partial charge in [0.25, 0.3) is 11.8 Å². The van der Waals surface area contributed by atoms with E-state index in [4.69, 9.17) is 4.74 Å². The van der Waals surface area contributed by atoms with E-state index in [-0.39, 0.29) is 29.9 Å². The summed E-state index contributed by atoms with van der Waals surface area (Å²) in [5.74, 6) is -3.95. The molecular weight excluding hydrogens is 582 g/mol. The number of phenols is 1. The van der Waals surface area contributed by atoms with E-state index in [1.54, 1.807) is 12.1 Å². The number of hydrogen-bond acceptors (Lipinski definition) is 7. The van der Waals surface area contributed by atoms with Crippen LogP contribution in [0.4, 0.5) is 5.69 Å². The number of nitrogens with zero attached hydrogens (tertiary/aromatic N) is 2. The first-order valence-corrected chi connectivity index (χ1v) is 15.9. The fourth-order valence-corrected chi connectivity index (χ4v) is 8.54. The first-order valence-electron chi connectivity index (χ1n) is 15.9. The van der Waals surface area contributed by atoms with Crippen LogP contribution in [-0.4, -0.2) is 52.3 Å². The molecule has 2 aliphatic carbocycles. The zero-order valence-electron chi connectivity index (χ0n) is 26.1. The summed E-state index contributed by atoms with van der Waals surface area (Å²) in [5.41, 5.74) is 5.50. The highest BCUT2D eigenvalue weighted by molar-refractivity contribution is 6.13. The number of fused-ring (bicyclic) bond motifs is 4. The lowest BCUT2D eigenvalue weighted by molar-refractivity contribution is -0.141. The predicted molar refractivity (Wildman–Crippen MR) is 170 cm³/mol. The van der Waals surface area contributed by atoms with Crippen LogP contribution in [0.5, 0.6) is 11.5 Å². The van der Waals surface area contributed by atoms with Crippen molar-refractivity contribution in [3.63, 3.8) is 0 Å². The minimum absolute atomic E-state index is 0.000720. The van der Waals surface area contributed by atoms with Crippen molar-refractivity contribution in [2.75, 3.05) is 19.1 Å². The van der Waals surface area contributed by atoms with E-state index in [0.29, 0.717) is 42.0 Å². The Bertz CT molecular complexity index is 1770. The molecule has 0 aromatic heterocycles. The maximum Gasteiger partial charge on any atom is 0.260 e. The molecule has 236 valence electrons. The third-order valence-electron chi connectivity index (χ3n) is 10.5. The van der Waals surface area contributed by atoms with E-state index in [1.807, 2.05) is 74.5 Å². The van der Waals surface area contributed by atoms with E-state index in [9.17, 15) is 19.5 Å². The number of allylic oxidation sites excluding steroid dienone is 2. The third-order valence-corrected chi connectivity index (χ3v) is 10.5. The molecule has 7 rings (SSSR count). The van der Waals surface area contributed by atoms with Gasteiger partial charge in [0.2, 0.25) is 11.8 Å². The van der Waals surface area contributed by atoms with Crippen LogP contribution in [0.25, 0.3) is 0 Å². The Morgan fingerprint density at radius 2 is 1.67 bits per heavy atom. The number of phenolic OH excluding ortho intramolecular Hbond substituents is 1. The zero-order chi connectivity index (χ0) is 32.3. The SMILES string of the molecule is CCCN1C(=O)C2CC=C3C(CC4C(=O)N(Nc5ccc(C)cc5)C(=O)C4(c4ccccc4)C3c3ccc(O)cc3OC)C2C1=O. The summed E-state index contributed by atoms with van der Waals surface area (Å²) in [5, 5.41) is 11.6. The summed E-state index contributed by atoms with van der Waals surface area (Å²) in [4.78, 5) is 58.7. The van der Waals surface area contributed by atoms with Crippen molar-refractivity contribution in [3.05, 3.63) is 101 Å². The molecule has 2 saturated heterocycles. The van der Waals surface area contributed by atoms with E-state index in [0.717, 1.165) is 16.1 Å². The number of rotatable bonds is 7. The lowest BCUT2D eigenvalue weighted by Gasteiger charge is -2.50. The minimum Gasteiger partial charge on any atom is -0.508 e. The lowest BCUT2D eigenvalue weighted by atomic mass is 9.49. The number of imide groups is 2. The number of amides is 4. The Kier molecular flexibility index (Phi) is 7.22. The number of benzene rings is 3. The van der Waals surface area contributed by atoms with Crippen molar-refractivity contribution in [1.82, 2.24) is 9.91 Å². The van der Waals surface area contributed by atoms with Gasteiger partial charge in [-0.05, 0) is 55.9 Å². The van der Waals surface area contributed by atoms with Crippen molar-refractivity contribution in [2.45, 2.75) is 44.4 Å². The molecule has 9 heteroatoms. The summed E-state index contributed by atoms with van der Waals surface area (Å²) in [6, 6.07) is 21.6. The van der Waals surface area contributed by atoms with Gasteiger partial charge in [-0.2, -0.15) is 5.01 Å². The molecule has 2 heterocycles. The van der Waals surface area contributed by atoms with Gasteiger partial charge >= 0.3 is 0 Å². The van der Waals surface area contributed by atoms with Crippen LogP contribution in [0.1, 0.15) is 48.8 Å². The number of hydrogen-bond donors (Lipinski definition) is 2. The number of hydrazine groups is 1. The Hall–Kier alpha value is -4.92. The molecule has 9 nitrogen and oxygen atoms in total. The van der Waals surface area contributed by atoms with Crippen LogP contribution in [0, 0.1) is 30.6 Å². The monoisotopic (exact) mass is 619 g/mol. The highest BCUT2D eigenvalue weighted by atomic mass is 16.5. The second-order valence-electron chi connectivity index (χ2n) is 12.8. The van der Waals surface area contributed by atoms with Crippen molar-refractivity contribution in [2.24, 2.45) is 23.7 Å². The smallest absolute Gasteiger partial charge is 0.260 e. The number of methoxy groups -OCH3 is 1. The average molecular weight is 620 g/mol. The number of likely N-dealkylation sites (tertiary alicyclic amines) is 1. The number of aryl methyl sites for hydroxylation is 1. The van der Waals surface area contributed by atoms with E-state index >= 15 is 4.79 Å². The Morgan fingerprint density at radius 1 is 0.935 bits per heavy atom. The molecule has 46 heavy (non-hydrogen) atoms. The number of nitrogens with one attached hydrogen (secondary N) is 1. The van der Waals surface area contributed by atoms with Gasteiger partial charge in [-0.3, -0.25) is 29.5 Å². The van der Waals surface area contributed by atoms with E-state index in [2.05, 4.69) is 5.43 Å². The molecule has 3 aromatic rings. The van der Waals surface area contributed by atoms with Crippen LogP contribution < -0.4 is 10.2 Å². The molecule has 3 fully saturated rings. The van der Waals surface area contributed by atoms with Crippen LogP contribution >= 0.6 is 0 Å². The van der Waals surface area contributed by atoms with E-state index in [1.165, 1.54) is 18.1 Å². The third kappa shape index (κ3) is 4.21. The Labute approximate surface area is 267 Å². The van der Waals surface area contributed by atoms with Gasteiger partial charge in [0.15, 0.2) is 0 Å². The maximum atomic E-state index is 15.1. The highest BCUT2D eigenvalue weighted by Gasteiger charge is 2.70. The molecule has 1 saturated carbocycles. The van der Waals surface area contributed by atoms with Crippen molar-refractivity contribution in [3.8, 4) is 11.5 Å². The van der Waals surface area contributed by atoms with Crippen molar-refractivity contribution >= 4 is 29.3 Å². The molecular formula is C37H37N3O6. The molecule has 3 aromatic carbocycles. The molecule has 6 atom stereocenters. The topological polar surface area (TPSA) is 116 Å². The molecule has 6 unspecified atom stereocenters. The molecule has 4 amide bonds. The number of anilines is 1. The molecule has 2 aliphatic heterocycles. The van der Waals surface area contributed by atoms with Gasteiger partial charge in [-0.15, -0.1) is 0 Å². The van der Waals surface area contributed by atoms with Crippen LogP contribution in [0.2, 0.25) is 0 Å². The number of aromatic hydroxyl groups is 1. The Balaban J connectivity index is 1.46. The molecule has 2 N–H and O–H groups in total. The number of carbonyl (C=O) groups is 4. The van der Waals surface area contributed by atoms with Gasteiger partial charge in [0, 0.05) is 24.1 Å². The summed E-state index contributed by atoms with van der Waals surface area (Å²) in [6.45, 7) is 4.25. The first-order chi connectivity index (χ1) is 22.2. The fraction of sp³-hybridized carbons (Fsp3) is 0.351. The summed E-state index contributed by atoms with van der Waals surface area (Å²) in [7, 11) is 1.51. The van der Waals surface area contributed by atoms with E-state index < -0.39 is 40.9 Å². The van der Waals surface area contributed by atoms with Gasteiger partial charge in [0.05, 0.1) is 36.0 Å². The zero-order valence-corrected chi connectivity index (χ0v) is 26.1. The number of carbonyl (C=O) groups excluding carboxylic acids is 4. The highest BCUT2D eigenvalue weighted by Crippen LogP contribution is 2.65. The quantitative estimate of drug-likeness (QED) is 0.279. The van der Waals surface area contributed by atoms with Crippen LogP contribution in [0.15, 0.2) is 84.4 Å². The van der Waals surface area contributed by atoms with Gasteiger partial charge < -0.3 is 9.84 Å². The maximum absolute atomic E-state index is 15.1. The standard InChI is InChI=1S/C37H37N3O6/c1-4-18-39-33(42)27-17-16-25-28(31(27)35(39)44)20-29-34(43)40(38-23-12-10-21(2)11-13-23)36(45)37(29,22-8-6-5-7-9-22)32(25)26-15-14-24(41)19-30(26)46-3/h5-16,19,27-29,31-32,38,41H,4,17-18,20H2,1-3H3. The minimum atomic E-state index is -1.40. The molecule has 0 radical (unpaired) electrons. The Morgan fingerprint density at radius 3 is 2.37 bits per heavy atom. The normalized spacial score (nSPS) is 28.5. The van der Waals surface area contributed by atoms with Gasteiger partial charge in [-0.25, -0.2) is 0 Å². The lowest BCUT2D eigenvalue weighted by Crippen LogP contribution is -2.53. The predicted octanol–water partition coefficient (Wildman–Crippen LogP) is 5.10. The van der Waals surface area contributed by atoms with Crippen molar-refractivity contribution < 1.29 is 29.0 Å². The van der Waals surface area contributed by atoms with Crippen LogP contribution in [-0.2, 0) is 24.6 Å². The van der Waals surface area contributed by atoms with Gasteiger partial charge in [-0.1, -0.05) is 72.7 Å². The fourth-order valence-electron chi connectivity index (χ4n) is 8.54. The average Bonchev–Trinajstić information content (AvgIpc) is 3.43. The largest absolute Gasteiger partial charge is 0.508 e. The first kappa shape index (κ1) is 29.8. The number of ether oxygens (including phenoxy) is 1.